The first kappa shape index (κ1) is 14.6. The average molecular weight is 304 g/mol. The van der Waals surface area contributed by atoms with E-state index in [-0.39, 0.29) is 5.82 Å². The maximum Gasteiger partial charge on any atom is 0.123 e. The molecule has 21 heavy (non-hydrogen) atoms. The summed E-state index contributed by atoms with van der Waals surface area (Å²) in [6.45, 7) is 0.898. The van der Waals surface area contributed by atoms with Gasteiger partial charge in [-0.3, -0.25) is 0 Å². The monoisotopic (exact) mass is 303 g/mol. The molecule has 0 radical (unpaired) electrons. The predicted molar refractivity (Wildman–Crippen MR) is 85.0 cm³/mol. The second-order valence-corrected chi connectivity index (χ2v) is 6.13. The average Bonchev–Trinajstić information content (AvgIpc) is 3.31. The molecule has 110 valence electrons. The molecule has 3 heteroatoms. The van der Waals surface area contributed by atoms with Gasteiger partial charge >= 0.3 is 0 Å². The first-order valence-corrected chi connectivity index (χ1v) is 7.83. The van der Waals surface area contributed by atoms with Crippen molar-refractivity contribution >= 4 is 11.6 Å². The summed E-state index contributed by atoms with van der Waals surface area (Å²) in [6.07, 6.45) is 3.49. The number of hydrogen-bond acceptors (Lipinski definition) is 1. The third-order valence-electron chi connectivity index (χ3n) is 4.01. The van der Waals surface area contributed by atoms with Crippen molar-refractivity contribution in [2.75, 3.05) is 6.54 Å². The summed E-state index contributed by atoms with van der Waals surface area (Å²) < 4.78 is 12.9. The minimum atomic E-state index is -0.177. The summed E-state index contributed by atoms with van der Waals surface area (Å²) in [5.41, 5.74) is 2.47. The summed E-state index contributed by atoms with van der Waals surface area (Å²) in [6, 6.07) is 15.3. The van der Waals surface area contributed by atoms with Crippen molar-refractivity contribution in [3.8, 4) is 0 Å². The normalized spacial score (nSPS) is 15.9. The van der Waals surface area contributed by atoms with Crippen molar-refractivity contribution in [1.82, 2.24) is 5.32 Å². The molecule has 1 atom stereocenters. The highest BCUT2D eigenvalue weighted by molar-refractivity contribution is 6.30. The fraction of sp³-hybridized carbons (Fsp3) is 0.333. The molecule has 0 heterocycles. The molecule has 0 amide bonds. The van der Waals surface area contributed by atoms with Crippen LogP contribution in [0.4, 0.5) is 4.39 Å². The van der Waals surface area contributed by atoms with Gasteiger partial charge in [-0.25, -0.2) is 4.39 Å². The highest BCUT2D eigenvalue weighted by Crippen LogP contribution is 2.41. The Morgan fingerprint density at radius 3 is 2.33 bits per heavy atom. The molecule has 0 spiro atoms. The van der Waals surface area contributed by atoms with E-state index in [0.29, 0.717) is 6.04 Å². The van der Waals surface area contributed by atoms with E-state index in [1.54, 1.807) is 0 Å². The Hall–Kier alpha value is -1.38. The van der Waals surface area contributed by atoms with Crippen LogP contribution in [0.5, 0.6) is 0 Å². The van der Waals surface area contributed by atoms with E-state index in [2.05, 4.69) is 17.4 Å². The van der Waals surface area contributed by atoms with Gasteiger partial charge in [0.2, 0.25) is 0 Å². The molecule has 1 aliphatic rings. The largest absolute Gasteiger partial charge is 0.309 e. The number of benzene rings is 2. The Labute approximate surface area is 130 Å². The van der Waals surface area contributed by atoms with Gasteiger partial charge in [0.1, 0.15) is 5.82 Å². The van der Waals surface area contributed by atoms with Crippen molar-refractivity contribution < 1.29 is 4.39 Å². The fourth-order valence-corrected chi connectivity index (χ4v) is 2.81. The second-order valence-electron chi connectivity index (χ2n) is 5.70. The Morgan fingerprint density at radius 2 is 1.71 bits per heavy atom. The molecule has 2 aromatic carbocycles. The molecule has 1 nitrogen and oxygen atoms in total. The van der Waals surface area contributed by atoms with E-state index < -0.39 is 0 Å². The smallest absolute Gasteiger partial charge is 0.123 e. The zero-order chi connectivity index (χ0) is 14.7. The van der Waals surface area contributed by atoms with Crippen LogP contribution in [0.15, 0.2) is 48.5 Å². The van der Waals surface area contributed by atoms with E-state index in [0.717, 1.165) is 29.5 Å². The van der Waals surface area contributed by atoms with Gasteiger partial charge in [-0.05, 0) is 67.1 Å². The van der Waals surface area contributed by atoms with Gasteiger partial charge < -0.3 is 5.32 Å². The topological polar surface area (TPSA) is 12.0 Å². The van der Waals surface area contributed by atoms with Gasteiger partial charge in [0.05, 0.1) is 0 Å². The standard InChI is InChI=1S/C18H19ClFN/c19-16-7-5-15(6-8-16)18(14-3-4-14)21-12-11-13-1-9-17(20)10-2-13/h1-2,5-10,14,18,21H,3-4,11-12H2. The summed E-state index contributed by atoms with van der Waals surface area (Å²) in [5, 5.41) is 4.42. The number of hydrogen-bond donors (Lipinski definition) is 1. The van der Waals surface area contributed by atoms with E-state index in [1.165, 1.54) is 30.5 Å². The van der Waals surface area contributed by atoms with E-state index in [1.807, 2.05) is 24.3 Å². The van der Waals surface area contributed by atoms with Crippen LogP contribution < -0.4 is 5.32 Å². The molecule has 0 aliphatic heterocycles. The van der Waals surface area contributed by atoms with Crippen molar-refractivity contribution in [3.63, 3.8) is 0 Å². The van der Waals surface area contributed by atoms with Gasteiger partial charge in [-0.15, -0.1) is 0 Å². The van der Waals surface area contributed by atoms with Crippen LogP contribution >= 0.6 is 11.6 Å². The van der Waals surface area contributed by atoms with Crippen LogP contribution in [0.1, 0.15) is 30.0 Å². The highest BCUT2D eigenvalue weighted by Gasteiger charge is 2.31. The highest BCUT2D eigenvalue weighted by atomic mass is 35.5. The molecule has 1 fully saturated rings. The van der Waals surface area contributed by atoms with Gasteiger partial charge in [-0.2, -0.15) is 0 Å². The van der Waals surface area contributed by atoms with Crippen molar-refractivity contribution in [3.05, 3.63) is 70.5 Å². The maximum absolute atomic E-state index is 12.9. The Balaban J connectivity index is 1.58. The Morgan fingerprint density at radius 1 is 1.05 bits per heavy atom. The Kier molecular flexibility index (Phi) is 4.57. The zero-order valence-electron chi connectivity index (χ0n) is 11.9. The number of halogens is 2. The molecule has 1 unspecified atom stereocenters. The SMILES string of the molecule is Fc1ccc(CCNC(c2ccc(Cl)cc2)C2CC2)cc1. The molecule has 0 saturated heterocycles. The van der Waals surface area contributed by atoms with Crippen LogP contribution in [-0.4, -0.2) is 6.54 Å². The Bertz CT molecular complexity index is 575. The van der Waals surface area contributed by atoms with Crippen molar-refractivity contribution in [1.29, 1.82) is 0 Å². The lowest BCUT2D eigenvalue weighted by atomic mass is 10.0. The summed E-state index contributed by atoms with van der Waals surface area (Å²) in [7, 11) is 0. The van der Waals surface area contributed by atoms with Crippen LogP contribution in [-0.2, 0) is 6.42 Å². The summed E-state index contributed by atoms with van der Waals surface area (Å²) in [5.74, 6) is 0.558. The van der Waals surface area contributed by atoms with Crippen molar-refractivity contribution in [2.45, 2.75) is 25.3 Å². The molecule has 0 bridgehead atoms. The van der Waals surface area contributed by atoms with Crippen LogP contribution in [0.2, 0.25) is 5.02 Å². The van der Waals surface area contributed by atoms with Gasteiger partial charge in [0, 0.05) is 11.1 Å². The third-order valence-corrected chi connectivity index (χ3v) is 4.27. The van der Waals surface area contributed by atoms with Crippen molar-refractivity contribution in [2.24, 2.45) is 5.92 Å². The van der Waals surface area contributed by atoms with Crippen LogP contribution in [0, 0.1) is 11.7 Å². The van der Waals surface area contributed by atoms with E-state index in [9.17, 15) is 4.39 Å². The minimum Gasteiger partial charge on any atom is -0.309 e. The molecule has 1 aliphatic carbocycles. The molecule has 3 rings (SSSR count). The van der Waals surface area contributed by atoms with Gasteiger partial charge in [-0.1, -0.05) is 35.9 Å². The lowest BCUT2D eigenvalue weighted by molar-refractivity contribution is 0.484. The molecule has 1 N–H and O–H groups in total. The zero-order valence-corrected chi connectivity index (χ0v) is 12.6. The molecule has 1 saturated carbocycles. The number of rotatable bonds is 6. The minimum absolute atomic E-state index is 0.177. The molecule has 2 aromatic rings. The fourth-order valence-electron chi connectivity index (χ4n) is 2.68. The summed E-state index contributed by atoms with van der Waals surface area (Å²) >= 11 is 5.96. The summed E-state index contributed by atoms with van der Waals surface area (Å²) in [4.78, 5) is 0. The lowest BCUT2D eigenvalue weighted by Crippen LogP contribution is -2.25. The molecular formula is C18H19ClFN. The first-order valence-electron chi connectivity index (χ1n) is 7.45. The molecular weight excluding hydrogens is 285 g/mol. The van der Waals surface area contributed by atoms with Gasteiger partial charge in [0.25, 0.3) is 0 Å². The first-order chi connectivity index (χ1) is 10.2. The maximum atomic E-state index is 12.9. The third kappa shape index (κ3) is 4.05. The van der Waals surface area contributed by atoms with Gasteiger partial charge in [0.15, 0.2) is 0 Å². The predicted octanol–water partition coefficient (Wildman–Crippen LogP) is 4.76. The van der Waals surface area contributed by atoms with Crippen LogP contribution in [0.3, 0.4) is 0 Å². The molecule has 0 aromatic heterocycles. The second kappa shape index (κ2) is 6.59. The van der Waals surface area contributed by atoms with Crippen LogP contribution in [0.25, 0.3) is 0 Å². The van der Waals surface area contributed by atoms with E-state index in [4.69, 9.17) is 11.6 Å². The quantitative estimate of drug-likeness (QED) is 0.811. The van der Waals surface area contributed by atoms with E-state index >= 15 is 0 Å². The lowest BCUT2D eigenvalue weighted by Gasteiger charge is -2.19. The number of nitrogens with one attached hydrogen (secondary N) is 1.